The molecule has 0 fully saturated rings. The van der Waals surface area contributed by atoms with Crippen LogP contribution in [0.3, 0.4) is 0 Å². The minimum Gasteiger partial charge on any atom is -0.395 e. The third-order valence-electron chi connectivity index (χ3n) is 2.67. The van der Waals surface area contributed by atoms with Crippen LogP contribution in [0, 0.1) is 10.1 Å². The molecule has 1 aromatic rings. The van der Waals surface area contributed by atoms with E-state index < -0.39 is 4.92 Å². The van der Waals surface area contributed by atoms with E-state index in [0.717, 1.165) is 25.8 Å². The molecule has 1 N–H and O–H groups in total. The van der Waals surface area contributed by atoms with E-state index in [4.69, 9.17) is 5.11 Å². The van der Waals surface area contributed by atoms with Gasteiger partial charge < -0.3 is 10.0 Å². The first-order chi connectivity index (χ1) is 8.69. The second kappa shape index (κ2) is 7.60. The fourth-order valence-corrected chi connectivity index (χ4v) is 1.69. The molecule has 0 saturated heterocycles. The Morgan fingerprint density at radius 2 is 2.17 bits per heavy atom. The van der Waals surface area contributed by atoms with Crippen LogP contribution in [0.2, 0.25) is 0 Å². The molecule has 0 bridgehead atoms. The van der Waals surface area contributed by atoms with Gasteiger partial charge in [0.1, 0.15) is 12.0 Å². The highest BCUT2D eigenvalue weighted by Gasteiger charge is 2.10. The van der Waals surface area contributed by atoms with Crippen molar-refractivity contribution in [1.29, 1.82) is 0 Å². The summed E-state index contributed by atoms with van der Waals surface area (Å²) in [7, 11) is 0. The molecule has 100 valence electrons. The van der Waals surface area contributed by atoms with Crippen molar-refractivity contribution in [2.45, 2.75) is 26.2 Å². The summed E-state index contributed by atoms with van der Waals surface area (Å²) < 4.78 is 0. The highest BCUT2D eigenvalue weighted by Crippen LogP contribution is 2.16. The molecule has 1 rings (SSSR count). The van der Waals surface area contributed by atoms with Gasteiger partial charge >= 0.3 is 0 Å². The highest BCUT2D eigenvalue weighted by molar-refractivity contribution is 5.42. The first kappa shape index (κ1) is 14.4. The second-order valence-corrected chi connectivity index (χ2v) is 4.05. The maximum absolute atomic E-state index is 10.5. The van der Waals surface area contributed by atoms with Crippen molar-refractivity contribution >= 4 is 11.5 Å². The maximum Gasteiger partial charge on any atom is 0.287 e. The van der Waals surface area contributed by atoms with Crippen LogP contribution >= 0.6 is 0 Å². The summed E-state index contributed by atoms with van der Waals surface area (Å²) in [6, 6.07) is 3.06. The number of hydrogen-bond acceptors (Lipinski definition) is 5. The molecule has 1 aromatic heterocycles. The summed E-state index contributed by atoms with van der Waals surface area (Å²) in [5, 5.41) is 19.6. The molecule has 0 aliphatic rings. The summed E-state index contributed by atoms with van der Waals surface area (Å²) in [6.07, 6.45) is 4.52. The molecule has 0 radical (unpaired) electrons. The van der Waals surface area contributed by atoms with Crippen LogP contribution in [0.5, 0.6) is 0 Å². The predicted octanol–water partition coefficient (Wildman–Crippen LogP) is 1.98. The average molecular weight is 253 g/mol. The lowest BCUT2D eigenvalue weighted by Crippen LogP contribution is -2.28. The largest absolute Gasteiger partial charge is 0.395 e. The SMILES string of the molecule is CCCCCN(CCO)c1ccc([N+](=O)[O-])cn1. The summed E-state index contributed by atoms with van der Waals surface area (Å²) >= 11 is 0. The summed E-state index contributed by atoms with van der Waals surface area (Å²) in [5.74, 6) is 0.672. The summed E-state index contributed by atoms with van der Waals surface area (Å²) in [5.41, 5.74) is -0.0174. The maximum atomic E-state index is 10.5. The summed E-state index contributed by atoms with van der Waals surface area (Å²) in [4.78, 5) is 16.1. The van der Waals surface area contributed by atoms with E-state index in [0.29, 0.717) is 12.4 Å². The molecule has 6 nitrogen and oxygen atoms in total. The van der Waals surface area contributed by atoms with Gasteiger partial charge in [0.2, 0.25) is 0 Å². The van der Waals surface area contributed by atoms with Crippen LogP contribution in [0.25, 0.3) is 0 Å². The van der Waals surface area contributed by atoms with Gasteiger partial charge in [0.05, 0.1) is 11.5 Å². The first-order valence-corrected chi connectivity index (χ1v) is 6.15. The number of nitrogens with zero attached hydrogens (tertiary/aromatic N) is 3. The van der Waals surface area contributed by atoms with Crippen LogP contribution in [0.15, 0.2) is 18.3 Å². The smallest absolute Gasteiger partial charge is 0.287 e. The Morgan fingerprint density at radius 3 is 2.67 bits per heavy atom. The average Bonchev–Trinajstić information content (AvgIpc) is 2.38. The molecule has 1 heterocycles. The van der Waals surface area contributed by atoms with E-state index >= 15 is 0 Å². The third-order valence-corrected chi connectivity index (χ3v) is 2.67. The van der Waals surface area contributed by atoms with Gasteiger partial charge in [-0.25, -0.2) is 4.98 Å². The van der Waals surface area contributed by atoms with E-state index in [1.54, 1.807) is 6.07 Å². The highest BCUT2D eigenvalue weighted by atomic mass is 16.6. The van der Waals surface area contributed by atoms with E-state index in [2.05, 4.69) is 11.9 Å². The van der Waals surface area contributed by atoms with Crippen LogP contribution in [0.1, 0.15) is 26.2 Å². The Labute approximate surface area is 106 Å². The quantitative estimate of drug-likeness (QED) is 0.435. The van der Waals surface area contributed by atoms with Crippen molar-refractivity contribution in [2.75, 3.05) is 24.6 Å². The zero-order chi connectivity index (χ0) is 13.4. The van der Waals surface area contributed by atoms with Crippen LogP contribution < -0.4 is 4.90 Å². The predicted molar refractivity (Wildman–Crippen MR) is 69.7 cm³/mol. The molecule has 0 unspecified atom stereocenters. The zero-order valence-electron chi connectivity index (χ0n) is 10.6. The number of anilines is 1. The molecule has 0 aliphatic carbocycles. The minimum absolute atomic E-state index is 0.0174. The second-order valence-electron chi connectivity index (χ2n) is 4.05. The number of aliphatic hydroxyl groups excluding tert-OH is 1. The number of nitro groups is 1. The van der Waals surface area contributed by atoms with Gasteiger partial charge in [-0.15, -0.1) is 0 Å². The van der Waals surface area contributed by atoms with E-state index in [1.165, 1.54) is 12.3 Å². The molecule has 0 spiro atoms. The van der Waals surface area contributed by atoms with E-state index in [1.807, 2.05) is 4.90 Å². The number of unbranched alkanes of at least 4 members (excludes halogenated alkanes) is 2. The fraction of sp³-hybridized carbons (Fsp3) is 0.583. The Kier molecular flexibility index (Phi) is 6.07. The summed E-state index contributed by atoms with van der Waals surface area (Å²) in [6.45, 7) is 3.47. The zero-order valence-corrected chi connectivity index (χ0v) is 10.6. The standard InChI is InChI=1S/C12H19N3O3/c1-2-3-4-7-14(8-9-16)12-6-5-11(10-13-12)15(17)18/h5-6,10,16H,2-4,7-9H2,1H3. The Hall–Kier alpha value is -1.69. The van der Waals surface area contributed by atoms with Crippen molar-refractivity contribution in [3.05, 3.63) is 28.4 Å². The minimum atomic E-state index is -0.468. The van der Waals surface area contributed by atoms with Gasteiger partial charge in [-0.1, -0.05) is 19.8 Å². The number of pyridine rings is 1. The molecular formula is C12H19N3O3. The van der Waals surface area contributed by atoms with Crippen molar-refractivity contribution < 1.29 is 10.0 Å². The Bertz CT molecular complexity index is 367. The van der Waals surface area contributed by atoms with Crippen LogP contribution in [0.4, 0.5) is 11.5 Å². The Balaban J connectivity index is 2.68. The van der Waals surface area contributed by atoms with E-state index in [9.17, 15) is 10.1 Å². The Morgan fingerprint density at radius 1 is 1.39 bits per heavy atom. The van der Waals surface area contributed by atoms with Gasteiger partial charge in [-0.05, 0) is 12.5 Å². The number of aliphatic hydroxyl groups is 1. The number of rotatable bonds is 8. The number of aromatic nitrogens is 1. The van der Waals surface area contributed by atoms with Gasteiger partial charge in [0.25, 0.3) is 5.69 Å². The first-order valence-electron chi connectivity index (χ1n) is 6.15. The van der Waals surface area contributed by atoms with Gasteiger partial charge in [-0.3, -0.25) is 10.1 Å². The lowest BCUT2D eigenvalue weighted by Gasteiger charge is -2.22. The van der Waals surface area contributed by atoms with E-state index in [-0.39, 0.29) is 12.3 Å². The molecule has 0 aromatic carbocycles. The van der Waals surface area contributed by atoms with Crippen molar-refractivity contribution in [2.24, 2.45) is 0 Å². The van der Waals surface area contributed by atoms with Crippen molar-refractivity contribution in [1.82, 2.24) is 4.98 Å². The molecule has 6 heteroatoms. The molecule has 0 saturated carbocycles. The normalized spacial score (nSPS) is 10.3. The van der Waals surface area contributed by atoms with Crippen molar-refractivity contribution in [3.63, 3.8) is 0 Å². The third kappa shape index (κ3) is 4.29. The van der Waals surface area contributed by atoms with Crippen LogP contribution in [-0.2, 0) is 0 Å². The van der Waals surface area contributed by atoms with Gasteiger partial charge in [-0.2, -0.15) is 0 Å². The lowest BCUT2D eigenvalue weighted by atomic mass is 10.2. The number of hydrogen-bond donors (Lipinski definition) is 1. The monoisotopic (exact) mass is 253 g/mol. The molecule has 0 amide bonds. The van der Waals surface area contributed by atoms with Gasteiger partial charge in [0, 0.05) is 19.2 Å². The molecule has 0 atom stereocenters. The van der Waals surface area contributed by atoms with Crippen LogP contribution in [-0.4, -0.2) is 34.7 Å². The van der Waals surface area contributed by atoms with Crippen molar-refractivity contribution in [3.8, 4) is 0 Å². The van der Waals surface area contributed by atoms with Gasteiger partial charge in [0.15, 0.2) is 0 Å². The molecule has 0 aliphatic heterocycles. The fourth-order valence-electron chi connectivity index (χ4n) is 1.69. The molecule has 18 heavy (non-hydrogen) atoms. The lowest BCUT2D eigenvalue weighted by molar-refractivity contribution is -0.385. The molecular weight excluding hydrogens is 234 g/mol. The topological polar surface area (TPSA) is 79.5 Å².